The number of piperidine rings is 1. The molecule has 1 aromatic heterocycles. The van der Waals surface area contributed by atoms with Gasteiger partial charge in [-0.15, -0.1) is 11.8 Å². The molecule has 0 bridgehead atoms. The molecular formula is C18H27N3O2S. The minimum absolute atomic E-state index is 0.0679. The first-order valence-corrected chi connectivity index (χ1v) is 9.52. The summed E-state index contributed by atoms with van der Waals surface area (Å²) in [7, 11) is 0. The second-order valence-electron chi connectivity index (χ2n) is 7.07. The third-order valence-electron chi connectivity index (χ3n) is 3.84. The average molecular weight is 350 g/mol. The first kappa shape index (κ1) is 18.8. The maximum Gasteiger partial charge on any atom is 0.256 e. The van der Waals surface area contributed by atoms with Crippen molar-refractivity contribution in [3.8, 4) is 0 Å². The molecule has 2 heterocycles. The fourth-order valence-corrected chi connectivity index (χ4v) is 3.39. The molecule has 0 aromatic carbocycles. The summed E-state index contributed by atoms with van der Waals surface area (Å²) in [6, 6.07) is 3.28. The van der Waals surface area contributed by atoms with Gasteiger partial charge in [0, 0.05) is 18.3 Å². The Bertz CT molecular complexity index is 581. The number of pyridine rings is 1. The quantitative estimate of drug-likeness (QED) is 0.849. The molecular weight excluding hydrogens is 322 g/mol. The number of thioether (sulfide) groups is 1. The van der Waals surface area contributed by atoms with Crippen molar-refractivity contribution in [1.29, 1.82) is 0 Å². The molecule has 1 aliphatic heterocycles. The zero-order valence-corrected chi connectivity index (χ0v) is 15.8. The van der Waals surface area contributed by atoms with E-state index in [-0.39, 0.29) is 17.4 Å². The Morgan fingerprint density at radius 3 is 2.67 bits per heavy atom. The normalized spacial score (nSPS) is 18.3. The number of amides is 2. The Labute approximate surface area is 148 Å². The summed E-state index contributed by atoms with van der Waals surface area (Å²) in [5, 5.41) is 3.91. The lowest BCUT2D eigenvalue weighted by atomic mass is 9.99. The minimum atomic E-state index is -0.393. The van der Waals surface area contributed by atoms with Crippen LogP contribution in [0.4, 0.5) is 0 Å². The summed E-state index contributed by atoms with van der Waals surface area (Å²) in [5.41, 5.74) is 0.245. The van der Waals surface area contributed by atoms with E-state index in [1.165, 1.54) is 0 Å². The molecule has 0 radical (unpaired) electrons. The lowest BCUT2D eigenvalue weighted by Gasteiger charge is -2.36. The molecule has 6 heteroatoms. The Balaban J connectivity index is 2.14. The number of hydrogen-bond acceptors (Lipinski definition) is 4. The summed E-state index contributed by atoms with van der Waals surface area (Å²) in [4.78, 5) is 31.5. The number of carbonyl (C=O) groups excluding carboxylic acids is 2. The van der Waals surface area contributed by atoms with Crippen molar-refractivity contribution in [2.24, 2.45) is 0 Å². The zero-order valence-electron chi connectivity index (χ0n) is 15.0. The molecule has 0 aliphatic carbocycles. The van der Waals surface area contributed by atoms with Gasteiger partial charge in [0.05, 0.1) is 10.6 Å². The summed E-state index contributed by atoms with van der Waals surface area (Å²) in [6.07, 6.45) is 4.23. The Hall–Kier alpha value is -1.56. The molecule has 1 atom stereocenters. The zero-order chi connectivity index (χ0) is 17.7. The number of nitrogens with one attached hydrogen (secondary N) is 1. The van der Waals surface area contributed by atoms with Crippen molar-refractivity contribution in [3.63, 3.8) is 0 Å². The molecule has 0 spiro atoms. The van der Waals surface area contributed by atoms with Crippen molar-refractivity contribution in [2.45, 2.75) is 63.6 Å². The SMILES string of the molecule is CCSc1ccc(C(=O)N2CCCC[C@@H]2C(=O)NC(C)(C)C)cn1. The van der Waals surface area contributed by atoms with Gasteiger partial charge in [0.1, 0.15) is 6.04 Å². The van der Waals surface area contributed by atoms with Gasteiger partial charge in [-0.05, 0) is 57.9 Å². The molecule has 2 rings (SSSR count). The van der Waals surface area contributed by atoms with E-state index in [2.05, 4.69) is 17.2 Å². The van der Waals surface area contributed by atoms with Crippen LogP contribution >= 0.6 is 11.8 Å². The van der Waals surface area contributed by atoms with Gasteiger partial charge in [0.15, 0.2) is 0 Å². The van der Waals surface area contributed by atoms with Crippen LogP contribution < -0.4 is 5.32 Å². The van der Waals surface area contributed by atoms with Gasteiger partial charge in [-0.2, -0.15) is 0 Å². The van der Waals surface area contributed by atoms with Gasteiger partial charge in [-0.3, -0.25) is 9.59 Å². The average Bonchev–Trinajstić information content (AvgIpc) is 2.53. The van der Waals surface area contributed by atoms with Gasteiger partial charge in [-0.25, -0.2) is 4.98 Å². The summed E-state index contributed by atoms with van der Waals surface area (Å²) < 4.78 is 0. The van der Waals surface area contributed by atoms with Crippen LogP contribution in [0.2, 0.25) is 0 Å². The topological polar surface area (TPSA) is 62.3 Å². The Kier molecular flexibility index (Phi) is 6.27. The number of likely N-dealkylation sites (tertiary alicyclic amines) is 1. The highest BCUT2D eigenvalue weighted by Gasteiger charge is 2.34. The molecule has 0 saturated carbocycles. The van der Waals surface area contributed by atoms with Crippen LogP contribution in [-0.2, 0) is 4.79 Å². The molecule has 1 aliphatic rings. The predicted octanol–water partition coefficient (Wildman–Crippen LogP) is 3.10. The molecule has 132 valence electrons. The van der Waals surface area contributed by atoms with Gasteiger partial charge in [0.25, 0.3) is 5.91 Å². The van der Waals surface area contributed by atoms with Crippen LogP contribution in [0.1, 0.15) is 57.3 Å². The van der Waals surface area contributed by atoms with Crippen molar-refractivity contribution >= 4 is 23.6 Å². The monoisotopic (exact) mass is 349 g/mol. The molecule has 1 aromatic rings. The molecule has 0 unspecified atom stereocenters. The number of hydrogen-bond donors (Lipinski definition) is 1. The lowest BCUT2D eigenvalue weighted by Crippen LogP contribution is -2.55. The van der Waals surface area contributed by atoms with E-state index in [1.54, 1.807) is 28.9 Å². The highest BCUT2D eigenvalue weighted by atomic mass is 32.2. The third kappa shape index (κ3) is 4.97. The first-order valence-electron chi connectivity index (χ1n) is 8.53. The van der Waals surface area contributed by atoms with Gasteiger partial charge in [-0.1, -0.05) is 6.92 Å². The number of rotatable bonds is 4. The van der Waals surface area contributed by atoms with E-state index in [1.807, 2.05) is 26.8 Å². The van der Waals surface area contributed by atoms with Crippen LogP contribution in [0, 0.1) is 0 Å². The van der Waals surface area contributed by atoms with E-state index in [0.717, 1.165) is 23.6 Å². The second-order valence-corrected chi connectivity index (χ2v) is 8.35. The summed E-state index contributed by atoms with van der Waals surface area (Å²) >= 11 is 1.64. The van der Waals surface area contributed by atoms with Crippen molar-refractivity contribution in [3.05, 3.63) is 23.9 Å². The summed E-state index contributed by atoms with van der Waals surface area (Å²) in [6.45, 7) is 8.54. The predicted molar refractivity (Wildman–Crippen MR) is 97.2 cm³/mol. The fourth-order valence-electron chi connectivity index (χ4n) is 2.81. The van der Waals surface area contributed by atoms with E-state index in [0.29, 0.717) is 18.5 Å². The smallest absolute Gasteiger partial charge is 0.256 e. The van der Waals surface area contributed by atoms with E-state index in [9.17, 15) is 9.59 Å². The summed E-state index contributed by atoms with van der Waals surface area (Å²) in [5.74, 6) is 0.771. The minimum Gasteiger partial charge on any atom is -0.350 e. The number of nitrogens with zero attached hydrogens (tertiary/aromatic N) is 2. The first-order chi connectivity index (χ1) is 11.3. The largest absolute Gasteiger partial charge is 0.350 e. The van der Waals surface area contributed by atoms with Crippen LogP contribution in [-0.4, -0.2) is 45.6 Å². The second kappa shape index (κ2) is 8.01. The third-order valence-corrected chi connectivity index (χ3v) is 4.67. The maximum absolute atomic E-state index is 12.8. The van der Waals surface area contributed by atoms with Gasteiger partial charge < -0.3 is 10.2 Å². The van der Waals surface area contributed by atoms with Crippen LogP contribution in [0.5, 0.6) is 0 Å². The van der Waals surface area contributed by atoms with Gasteiger partial charge >= 0.3 is 0 Å². The Morgan fingerprint density at radius 1 is 1.33 bits per heavy atom. The standard InChI is InChI=1S/C18H27N3O2S/c1-5-24-15-10-9-13(12-19-15)17(23)21-11-7-6-8-14(21)16(22)20-18(2,3)4/h9-10,12,14H,5-8,11H2,1-4H3,(H,20,22)/t14-/m1/s1. The fraction of sp³-hybridized carbons (Fsp3) is 0.611. The maximum atomic E-state index is 12.8. The van der Waals surface area contributed by atoms with E-state index in [4.69, 9.17) is 0 Å². The molecule has 2 amide bonds. The molecule has 24 heavy (non-hydrogen) atoms. The lowest BCUT2D eigenvalue weighted by molar-refractivity contribution is -0.128. The van der Waals surface area contributed by atoms with Crippen molar-refractivity contribution in [2.75, 3.05) is 12.3 Å². The highest BCUT2D eigenvalue weighted by Crippen LogP contribution is 2.22. The highest BCUT2D eigenvalue weighted by molar-refractivity contribution is 7.99. The van der Waals surface area contributed by atoms with E-state index >= 15 is 0 Å². The Morgan fingerprint density at radius 2 is 2.08 bits per heavy atom. The molecule has 1 fully saturated rings. The van der Waals surface area contributed by atoms with Crippen LogP contribution in [0.3, 0.4) is 0 Å². The number of carbonyl (C=O) groups is 2. The van der Waals surface area contributed by atoms with Gasteiger partial charge in [0.2, 0.25) is 5.91 Å². The van der Waals surface area contributed by atoms with E-state index < -0.39 is 6.04 Å². The number of aromatic nitrogens is 1. The molecule has 1 saturated heterocycles. The van der Waals surface area contributed by atoms with Crippen LogP contribution in [0.15, 0.2) is 23.4 Å². The molecule has 1 N–H and O–H groups in total. The molecule has 5 nitrogen and oxygen atoms in total. The van der Waals surface area contributed by atoms with Crippen molar-refractivity contribution < 1.29 is 9.59 Å². The van der Waals surface area contributed by atoms with Crippen molar-refractivity contribution in [1.82, 2.24) is 15.2 Å². The van der Waals surface area contributed by atoms with Crippen LogP contribution in [0.25, 0.3) is 0 Å².